The van der Waals surface area contributed by atoms with Crippen LogP contribution in [0.1, 0.15) is 19.6 Å². The number of hydrogen-bond donors (Lipinski definition) is 1. The average Bonchev–Trinajstić information content (AvgIpc) is 2.85. The van der Waals surface area contributed by atoms with Gasteiger partial charge in [0.15, 0.2) is 0 Å². The summed E-state index contributed by atoms with van der Waals surface area (Å²) >= 11 is 0. The maximum Gasteiger partial charge on any atom is 0.138 e. The van der Waals surface area contributed by atoms with Gasteiger partial charge in [0.1, 0.15) is 11.5 Å². The number of pyridine rings is 1. The summed E-state index contributed by atoms with van der Waals surface area (Å²) in [6, 6.07) is 3.94. The van der Waals surface area contributed by atoms with Crippen LogP contribution in [0.2, 0.25) is 0 Å². The molecule has 0 aliphatic carbocycles. The number of aromatic nitrogens is 1. The number of hydrogen-bond acceptors (Lipinski definition) is 4. The topological polar surface area (TPSA) is 47.3 Å². The van der Waals surface area contributed by atoms with E-state index >= 15 is 0 Å². The molecule has 2 rings (SSSR count). The minimum Gasteiger partial charge on any atom is -0.492 e. The van der Waals surface area contributed by atoms with E-state index in [9.17, 15) is 0 Å². The fourth-order valence-corrected chi connectivity index (χ4v) is 1.78. The summed E-state index contributed by atoms with van der Waals surface area (Å²) in [5.74, 6) is 1.71. The minimum atomic E-state index is 0.640. The SMILES string of the molecule is CCNCc1occc1-c1cncc(OCC)c1. The lowest BCUT2D eigenvalue weighted by Crippen LogP contribution is -2.11. The van der Waals surface area contributed by atoms with E-state index in [-0.39, 0.29) is 0 Å². The minimum absolute atomic E-state index is 0.640. The smallest absolute Gasteiger partial charge is 0.138 e. The van der Waals surface area contributed by atoms with E-state index in [2.05, 4.69) is 17.2 Å². The largest absolute Gasteiger partial charge is 0.492 e. The van der Waals surface area contributed by atoms with Crippen molar-refractivity contribution in [2.75, 3.05) is 13.2 Å². The predicted molar refractivity (Wildman–Crippen MR) is 70.5 cm³/mol. The molecule has 4 nitrogen and oxygen atoms in total. The van der Waals surface area contributed by atoms with Gasteiger partial charge in [-0.15, -0.1) is 0 Å². The Bertz CT molecular complexity index is 494. The summed E-state index contributed by atoms with van der Waals surface area (Å²) in [6.07, 6.45) is 5.25. The first-order valence-corrected chi connectivity index (χ1v) is 6.20. The van der Waals surface area contributed by atoms with Gasteiger partial charge in [-0.25, -0.2) is 0 Å². The fraction of sp³-hybridized carbons (Fsp3) is 0.357. The normalized spacial score (nSPS) is 10.6. The Morgan fingerprint density at radius 3 is 3.00 bits per heavy atom. The van der Waals surface area contributed by atoms with Crippen LogP contribution in [0.5, 0.6) is 5.75 Å². The number of nitrogens with one attached hydrogen (secondary N) is 1. The van der Waals surface area contributed by atoms with Crippen LogP contribution in [-0.4, -0.2) is 18.1 Å². The van der Waals surface area contributed by atoms with Crippen molar-refractivity contribution in [2.45, 2.75) is 20.4 Å². The molecule has 0 unspecified atom stereocenters. The van der Waals surface area contributed by atoms with Crippen LogP contribution < -0.4 is 10.1 Å². The molecule has 0 aliphatic rings. The summed E-state index contributed by atoms with van der Waals surface area (Å²) in [6.45, 7) is 6.30. The number of nitrogens with zero attached hydrogens (tertiary/aromatic N) is 1. The Morgan fingerprint density at radius 1 is 1.33 bits per heavy atom. The molecular formula is C14H18N2O2. The summed E-state index contributed by atoms with van der Waals surface area (Å²) in [5, 5.41) is 3.26. The first kappa shape index (κ1) is 12.6. The van der Waals surface area contributed by atoms with Crippen LogP contribution >= 0.6 is 0 Å². The van der Waals surface area contributed by atoms with E-state index in [4.69, 9.17) is 9.15 Å². The monoisotopic (exact) mass is 246 g/mol. The summed E-state index contributed by atoms with van der Waals surface area (Å²) < 4.78 is 10.9. The molecule has 4 heteroatoms. The van der Waals surface area contributed by atoms with E-state index in [0.717, 1.165) is 35.7 Å². The highest BCUT2D eigenvalue weighted by atomic mass is 16.5. The zero-order valence-electron chi connectivity index (χ0n) is 10.8. The summed E-state index contributed by atoms with van der Waals surface area (Å²) in [5.41, 5.74) is 2.08. The van der Waals surface area contributed by atoms with E-state index in [1.165, 1.54) is 0 Å². The first-order valence-electron chi connectivity index (χ1n) is 6.20. The van der Waals surface area contributed by atoms with Gasteiger partial charge in [0.2, 0.25) is 0 Å². The quantitative estimate of drug-likeness (QED) is 0.851. The standard InChI is InChI=1S/C14H18N2O2/c1-3-15-10-14-13(5-6-18-14)11-7-12(17-4-2)9-16-8-11/h5-9,15H,3-4,10H2,1-2H3. The molecule has 0 saturated carbocycles. The second-order valence-electron chi connectivity index (χ2n) is 3.88. The van der Waals surface area contributed by atoms with Crippen molar-refractivity contribution in [1.29, 1.82) is 0 Å². The Balaban J connectivity index is 2.24. The molecule has 0 atom stereocenters. The van der Waals surface area contributed by atoms with Gasteiger partial charge in [-0.2, -0.15) is 0 Å². The van der Waals surface area contributed by atoms with Crippen LogP contribution in [-0.2, 0) is 6.54 Å². The second-order valence-corrected chi connectivity index (χ2v) is 3.88. The van der Waals surface area contributed by atoms with Crippen molar-refractivity contribution in [2.24, 2.45) is 0 Å². The van der Waals surface area contributed by atoms with E-state index in [0.29, 0.717) is 6.61 Å². The number of rotatable bonds is 6. The zero-order chi connectivity index (χ0) is 12.8. The van der Waals surface area contributed by atoms with Crippen LogP contribution in [0.3, 0.4) is 0 Å². The molecule has 0 bridgehead atoms. The highest BCUT2D eigenvalue weighted by Gasteiger charge is 2.09. The molecule has 0 aromatic carbocycles. The highest BCUT2D eigenvalue weighted by Crippen LogP contribution is 2.26. The molecule has 2 heterocycles. The van der Waals surface area contributed by atoms with E-state index in [1.807, 2.05) is 25.3 Å². The molecule has 18 heavy (non-hydrogen) atoms. The third-order valence-electron chi connectivity index (χ3n) is 2.62. The van der Waals surface area contributed by atoms with Crippen molar-refractivity contribution < 1.29 is 9.15 Å². The predicted octanol–water partition coefficient (Wildman–Crippen LogP) is 2.85. The first-order chi connectivity index (χ1) is 8.85. The van der Waals surface area contributed by atoms with Gasteiger partial charge >= 0.3 is 0 Å². The molecule has 0 fully saturated rings. The molecule has 0 aliphatic heterocycles. The van der Waals surface area contributed by atoms with Crippen LogP contribution in [0.4, 0.5) is 0 Å². The van der Waals surface area contributed by atoms with Crippen molar-refractivity contribution in [3.8, 4) is 16.9 Å². The zero-order valence-corrected chi connectivity index (χ0v) is 10.8. The molecule has 1 N–H and O–H groups in total. The molecule has 0 saturated heterocycles. The van der Waals surface area contributed by atoms with Crippen LogP contribution in [0.25, 0.3) is 11.1 Å². The Kier molecular flexibility index (Phi) is 4.36. The Morgan fingerprint density at radius 2 is 2.22 bits per heavy atom. The molecule has 2 aromatic rings. The van der Waals surface area contributed by atoms with Gasteiger partial charge in [-0.1, -0.05) is 6.92 Å². The van der Waals surface area contributed by atoms with Crippen molar-refractivity contribution in [3.05, 3.63) is 36.5 Å². The average molecular weight is 246 g/mol. The molecular weight excluding hydrogens is 228 g/mol. The van der Waals surface area contributed by atoms with E-state index in [1.54, 1.807) is 12.5 Å². The molecule has 0 radical (unpaired) electrons. The summed E-state index contributed by atoms with van der Waals surface area (Å²) in [7, 11) is 0. The molecule has 0 spiro atoms. The van der Waals surface area contributed by atoms with Gasteiger partial charge in [-0.05, 0) is 25.6 Å². The summed E-state index contributed by atoms with van der Waals surface area (Å²) in [4.78, 5) is 4.19. The Hall–Kier alpha value is -1.81. The number of furan rings is 1. The van der Waals surface area contributed by atoms with Gasteiger partial charge in [0.25, 0.3) is 0 Å². The van der Waals surface area contributed by atoms with Gasteiger partial charge in [0.05, 0.1) is 25.6 Å². The lowest BCUT2D eigenvalue weighted by Gasteiger charge is -2.06. The fourth-order valence-electron chi connectivity index (χ4n) is 1.78. The second kappa shape index (κ2) is 6.21. The lowest BCUT2D eigenvalue weighted by molar-refractivity contribution is 0.339. The van der Waals surface area contributed by atoms with Gasteiger partial charge in [0, 0.05) is 17.3 Å². The van der Waals surface area contributed by atoms with Crippen LogP contribution in [0, 0.1) is 0 Å². The number of ether oxygens (including phenoxy) is 1. The third-order valence-corrected chi connectivity index (χ3v) is 2.62. The van der Waals surface area contributed by atoms with Crippen molar-refractivity contribution >= 4 is 0 Å². The van der Waals surface area contributed by atoms with Crippen molar-refractivity contribution in [3.63, 3.8) is 0 Å². The Labute approximate surface area is 107 Å². The lowest BCUT2D eigenvalue weighted by atomic mass is 10.1. The van der Waals surface area contributed by atoms with Crippen molar-refractivity contribution in [1.82, 2.24) is 10.3 Å². The van der Waals surface area contributed by atoms with Gasteiger partial charge in [-0.3, -0.25) is 4.98 Å². The van der Waals surface area contributed by atoms with E-state index < -0.39 is 0 Å². The third kappa shape index (κ3) is 2.90. The molecule has 0 amide bonds. The maximum absolute atomic E-state index is 5.49. The van der Waals surface area contributed by atoms with Gasteiger partial charge < -0.3 is 14.5 Å². The van der Waals surface area contributed by atoms with Crippen LogP contribution in [0.15, 0.2) is 35.2 Å². The molecule has 2 aromatic heterocycles. The molecule has 96 valence electrons. The maximum atomic E-state index is 5.49. The highest BCUT2D eigenvalue weighted by molar-refractivity contribution is 5.65.